The van der Waals surface area contributed by atoms with E-state index in [2.05, 4.69) is 272 Å². The summed E-state index contributed by atoms with van der Waals surface area (Å²) in [4.78, 5) is 104. The van der Waals surface area contributed by atoms with E-state index < -0.39 is 0 Å². The second-order valence-electron chi connectivity index (χ2n) is 36.6. The minimum Gasteiger partial charge on any atom is -0.352 e. The van der Waals surface area contributed by atoms with Gasteiger partial charge in [-0.2, -0.15) is 0 Å². The zero-order valence-corrected chi connectivity index (χ0v) is 85.3. The van der Waals surface area contributed by atoms with Crippen LogP contribution >= 0.6 is 131 Å². The maximum Gasteiger partial charge on any atom is 0.159 e. The number of thioether (sulfide) groups is 5. The highest BCUT2D eigenvalue weighted by molar-refractivity contribution is 9.11. The lowest BCUT2D eigenvalue weighted by atomic mass is 10.1. The average Bonchev–Trinajstić information content (AvgIpc) is 1.66. The van der Waals surface area contributed by atoms with Gasteiger partial charge in [-0.3, -0.25) is 25.0 Å². The predicted molar refractivity (Wildman–Crippen MR) is 556 cm³/mol. The van der Waals surface area contributed by atoms with Crippen LogP contribution < -0.4 is 24.5 Å². The van der Waals surface area contributed by atoms with E-state index in [1.54, 1.807) is 65.6 Å². The van der Waals surface area contributed by atoms with Gasteiger partial charge in [0.25, 0.3) is 0 Å². The molecule has 0 N–H and O–H groups in total. The topological polar surface area (TPSA) is 223 Å². The van der Waals surface area contributed by atoms with E-state index in [1.807, 2.05) is 81.5 Å². The summed E-state index contributed by atoms with van der Waals surface area (Å²) in [5.74, 6) is 6.00. The summed E-state index contributed by atoms with van der Waals surface area (Å²) >= 11 is 21.9. The van der Waals surface area contributed by atoms with E-state index in [0.717, 1.165) is 251 Å². The van der Waals surface area contributed by atoms with Gasteiger partial charge >= 0.3 is 0 Å². The first kappa shape index (κ1) is 91.9. The molecule has 36 heteroatoms. The third-order valence-corrected chi connectivity index (χ3v) is 36.4. The largest absolute Gasteiger partial charge is 0.352 e. The first-order valence-electron chi connectivity index (χ1n) is 44.8. The molecular weight excluding hydrogens is 1840 g/mol. The molecule has 1 atom stereocenters. The van der Waals surface area contributed by atoms with Crippen LogP contribution in [0.5, 0.6) is 0 Å². The smallest absolute Gasteiger partial charge is 0.159 e. The molecule has 11 aromatic rings. The number of halogens is 1. The number of piperazine rings is 5. The van der Waals surface area contributed by atoms with Gasteiger partial charge < -0.3 is 49.0 Å². The van der Waals surface area contributed by atoms with Crippen molar-refractivity contribution in [2.45, 2.75) is 159 Å². The van der Waals surface area contributed by atoms with Crippen molar-refractivity contribution in [2.24, 2.45) is 25.0 Å². The zero-order chi connectivity index (χ0) is 88.4. The van der Waals surface area contributed by atoms with Gasteiger partial charge in [0.15, 0.2) is 25.8 Å². The number of amidine groups is 5. The van der Waals surface area contributed by atoms with Gasteiger partial charge in [-0.05, 0) is 153 Å². The molecule has 10 aliphatic heterocycles. The van der Waals surface area contributed by atoms with Gasteiger partial charge in [-0.15, -0.1) is 56.7 Å². The first-order valence-corrected chi connectivity index (χ1v) is 53.7. The summed E-state index contributed by atoms with van der Waals surface area (Å²) in [6.45, 7) is 56.1. The first-order chi connectivity index (χ1) is 61.2. The number of aromatic nitrogens is 10. The van der Waals surface area contributed by atoms with Crippen LogP contribution in [0, 0.1) is 0 Å². The third-order valence-electron chi connectivity index (χ3n) is 24.0. The Kier molecular flexibility index (Phi) is 28.8. The fraction of sp³-hybridized carbons (Fsp3) is 0.549. The molecule has 20 heterocycles. The SMILES string of the molecule is CC1(C)CN=C(N2CCN(c3ncnc4sc(-c5ccccc5)cc34)CC2)S1.CC1(C)CN=C(N2CCN(c3ncnc4sc(Br)cc34)CC2)S1.CCC(C)c1cc2c(N3CCN(C4=NCC(C)(C)S4)CC3)ncnc2s1.CCCCc1cc2c(N3CCN(C4=NCC(C)(C)S4)CC3)ncnc2s1.CCc1cc2c(N3CCN(C4=NCC(C)(C)S4)CC3)ncnc2s1. The molecule has 21 rings (SSSR count). The van der Waals surface area contributed by atoms with Crippen molar-refractivity contribution in [1.29, 1.82) is 0 Å². The molecule has 5 fully saturated rings. The lowest BCUT2D eigenvalue weighted by Crippen LogP contribution is -2.48. The number of hydrogen-bond acceptors (Lipinski definition) is 35. The third kappa shape index (κ3) is 22.0. The Hall–Kier alpha value is -7.00. The molecule has 127 heavy (non-hydrogen) atoms. The van der Waals surface area contributed by atoms with E-state index in [9.17, 15) is 0 Å². The van der Waals surface area contributed by atoms with Crippen LogP contribution in [0.25, 0.3) is 61.5 Å². The highest BCUT2D eigenvalue weighted by Crippen LogP contribution is 2.44. The van der Waals surface area contributed by atoms with Crippen LogP contribution in [0.1, 0.15) is 137 Å². The lowest BCUT2D eigenvalue weighted by molar-refractivity contribution is 0.391. The van der Waals surface area contributed by atoms with Gasteiger partial charge in [-0.25, -0.2) is 49.8 Å². The molecule has 1 aromatic carbocycles. The summed E-state index contributed by atoms with van der Waals surface area (Å²) in [6.07, 6.45) is 14.4. The lowest BCUT2D eigenvalue weighted by Gasteiger charge is -2.36. The number of thiophene rings is 5. The minimum atomic E-state index is 0.232. The molecule has 10 aliphatic rings. The van der Waals surface area contributed by atoms with Crippen LogP contribution in [-0.4, -0.2) is 288 Å². The van der Waals surface area contributed by atoms with E-state index in [4.69, 9.17) is 25.0 Å². The quantitative estimate of drug-likeness (QED) is 0.111. The fourth-order valence-electron chi connectivity index (χ4n) is 16.6. The Morgan fingerprint density at radius 1 is 0.331 bits per heavy atom. The van der Waals surface area contributed by atoms with E-state index >= 15 is 0 Å². The van der Waals surface area contributed by atoms with Gasteiger partial charge in [0, 0.05) is 174 Å². The number of hydrogen-bond donors (Lipinski definition) is 0. The van der Waals surface area contributed by atoms with Crippen molar-refractivity contribution in [1.82, 2.24) is 74.3 Å². The standard InChI is InChI=1S/C21H23N5S2.2C19H27N5S2.C17H23N5S2.C15H18BrN5S2/c1-21(2)13-22-20(28-21)26-10-8-25(9-11-26)18-16-12-17(15-6-4-3-5-7-15)27-19(16)24-14-23-18;1-5-13(2)15-10-14-16(21-12-22-17(14)25-15)23-6-8-24(9-7-23)18-20-11-19(3,4)26-18;1-4-5-6-14-11-15-16(21-13-22-17(15)25-14)23-7-9-24(10-8-23)18-20-12-19(2,3)26-18;1-4-12-9-13-14(19-11-20-15(13)23-12)21-5-7-22(8-6-21)16-18-10-17(2,3)24-16;1-15(2)8-17-14(23-15)21-5-3-20(4-6-21)12-10-7-11(16)22-13(10)19-9-18-12/h3-7,12,14H,8-11,13H2,1-2H3;10,12-13H,5-9,11H2,1-4H3;11,13H,4-10,12H2,1-3H3;9,11H,4-8,10H2,1-3H3;7,9H,3-6,8H2,1-2H3. The summed E-state index contributed by atoms with van der Waals surface area (Å²) in [5.41, 5.74) is 1.24. The van der Waals surface area contributed by atoms with Crippen LogP contribution in [0.15, 0.2) is 121 Å². The molecule has 0 aliphatic carbocycles. The summed E-state index contributed by atoms with van der Waals surface area (Å²) in [7, 11) is 0. The molecule has 1 unspecified atom stereocenters. The molecule has 0 spiro atoms. The Morgan fingerprint density at radius 3 is 0.945 bits per heavy atom. The van der Waals surface area contributed by atoms with Crippen molar-refractivity contribution in [3.63, 3.8) is 0 Å². The zero-order valence-electron chi connectivity index (χ0n) is 75.6. The van der Waals surface area contributed by atoms with E-state index in [-0.39, 0.29) is 23.7 Å². The number of aryl methyl sites for hydroxylation is 2. The monoisotopic (exact) mass is 1960 g/mol. The van der Waals surface area contributed by atoms with Crippen molar-refractivity contribution in [2.75, 3.05) is 188 Å². The fourth-order valence-corrected chi connectivity index (χ4v) is 27.4. The second-order valence-corrected chi connectivity index (χ2v) is 51.7. The van der Waals surface area contributed by atoms with Gasteiger partial charge in [0.1, 0.15) is 84.9 Å². The molecule has 25 nitrogen and oxygen atoms in total. The normalized spacial score (nSPS) is 20.4. The Bertz CT molecular complexity index is 5820. The van der Waals surface area contributed by atoms with Gasteiger partial charge in [-0.1, -0.05) is 123 Å². The average molecular weight is 1960 g/mol. The van der Waals surface area contributed by atoms with Crippen LogP contribution in [0.4, 0.5) is 29.1 Å². The second kappa shape index (κ2) is 39.8. The maximum atomic E-state index is 4.76. The number of aliphatic imine (C=N–C) groups is 5. The van der Waals surface area contributed by atoms with Crippen LogP contribution in [0.2, 0.25) is 0 Å². The van der Waals surface area contributed by atoms with Crippen molar-refractivity contribution in [3.05, 3.63) is 111 Å². The highest BCUT2D eigenvalue weighted by atomic mass is 79.9. The Morgan fingerprint density at radius 2 is 0.622 bits per heavy atom. The van der Waals surface area contributed by atoms with E-state index in [0.29, 0.717) is 5.92 Å². The Balaban J connectivity index is 0.000000112. The van der Waals surface area contributed by atoms with Gasteiger partial charge in [0.05, 0.1) is 63.4 Å². The maximum absolute atomic E-state index is 4.76. The molecule has 0 saturated carbocycles. The van der Waals surface area contributed by atoms with Crippen molar-refractivity contribution in [3.8, 4) is 10.4 Å². The summed E-state index contributed by atoms with van der Waals surface area (Å²) in [5, 5.41) is 12.0. The number of rotatable bonds is 12. The van der Waals surface area contributed by atoms with Gasteiger partial charge in [0.2, 0.25) is 0 Å². The predicted octanol–water partition coefficient (Wildman–Crippen LogP) is 19.3. The molecule has 0 radical (unpaired) electrons. The van der Waals surface area contributed by atoms with Crippen LogP contribution in [0.3, 0.4) is 0 Å². The van der Waals surface area contributed by atoms with E-state index in [1.165, 1.54) is 79.9 Å². The van der Waals surface area contributed by atoms with Crippen molar-refractivity contribution < 1.29 is 0 Å². The summed E-state index contributed by atoms with van der Waals surface area (Å²) in [6, 6.07) is 21.8. The molecule has 0 amide bonds. The van der Waals surface area contributed by atoms with Crippen LogP contribution in [-0.2, 0) is 12.8 Å². The number of fused-ring (bicyclic) bond motifs is 5. The molecule has 674 valence electrons. The highest BCUT2D eigenvalue weighted by Gasteiger charge is 2.39. The Labute approximate surface area is 797 Å². The van der Waals surface area contributed by atoms with Crippen molar-refractivity contribution >= 4 is 237 Å². The molecule has 0 bridgehead atoms. The molecule has 10 aromatic heterocycles. The number of anilines is 5. The number of unbranched alkanes of at least 4 members (excludes halogenated alkanes) is 1. The molecular formula is C91H118BrN25S10. The summed E-state index contributed by atoms with van der Waals surface area (Å²) < 4.78 is 2.32. The number of benzene rings is 1. The number of nitrogens with zero attached hydrogens (tertiary/aromatic N) is 25. The molecule has 5 saturated heterocycles. The minimum absolute atomic E-state index is 0.232.